The zero-order valence-electron chi connectivity index (χ0n) is 8.15. The van der Waals surface area contributed by atoms with Crippen molar-refractivity contribution >= 4 is 22.8 Å². The number of carboxylic acid groups (broad SMARTS) is 1. The molecule has 78 valence electrons. The minimum atomic E-state index is -0.850. The van der Waals surface area contributed by atoms with E-state index in [1.54, 1.807) is 25.2 Å². The van der Waals surface area contributed by atoms with Crippen LogP contribution in [0.25, 0.3) is 11.0 Å². The van der Waals surface area contributed by atoms with E-state index in [1.165, 1.54) is 0 Å². The fourth-order valence-electron chi connectivity index (χ4n) is 1.45. The Morgan fingerprint density at radius 2 is 2.40 bits per heavy atom. The van der Waals surface area contributed by atoms with Crippen molar-refractivity contribution in [1.29, 1.82) is 0 Å². The number of fused-ring (bicyclic) bond motifs is 1. The summed E-state index contributed by atoms with van der Waals surface area (Å²) in [4.78, 5) is 10.5. The van der Waals surface area contributed by atoms with Gasteiger partial charge in [-0.1, -0.05) is 11.2 Å². The monoisotopic (exact) mass is 206 g/mol. The lowest BCUT2D eigenvalue weighted by Crippen LogP contribution is -1.99. The average Bonchev–Trinajstić information content (AvgIpc) is 2.59. The predicted molar refractivity (Wildman–Crippen MR) is 54.9 cm³/mol. The predicted octanol–water partition coefficient (Wildman–Crippen LogP) is 1.50. The first-order valence-corrected chi connectivity index (χ1v) is 4.48. The Morgan fingerprint density at radius 1 is 1.60 bits per heavy atom. The standard InChI is InChI=1S/C10H10N2O3/c1-11-10-7-4-6(5-9(13)14)2-3-8(7)15-12-10/h2-4H,5H2,1H3,(H,11,12)(H,13,14). The third kappa shape index (κ3) is 1.76. The highest BCUT2D eigenvalue weighted by molar-refractivity contribution is 5.89. The second-order valence-electron chi connectivity index (χ2n) is 3.18. The van der Waals surface area contributed by atoms with Crippen LogP contribution < -0.4 is 5.32 Å². The molecule has 0 unspecified atom stereocenters. The molecule has 0 spiro atoms. The molecule has 5 nitrogen and oxygen atoms in total. The smallest absolute Gasteiger partial charge is 0.307 e. The largest absolute Gasteiger partial charge is 0.481 e. The maximum atomic E-state index is 10.5. The zero-order valence-corrected chi connectivity index (χ0v) is 8.15. The van der Waals surface area contributed by atoms with Gasteiger partial charge in [0.15, 0.2) is 11.4 Å². The van der Waals surface area contributed by atoms with Gasteiger partial charge in [0.05, 0.1) is 11.8 Å². The molecule has 2 aromatic rings. The third-order valence-electron chi connectivity index (χ3n) is 2.13. The molecule has 0 radical (unpaired) electrons. The Labute approximate surface area is 85.7 Å². The molecule has 5 heteroatoms. The first kappa shape index (κ1) is 9.51. The minimum absolute atomic E-state index is 0.00424. The lowest BCUT2D eigenvalue weighted by Gasteiger charge is -1.97. The Morgan fingerprint density at radius 3 is 3.07 bits per heavy atom. The summed E-state index contributed by atoms with van der Waals surface area (Å²) in [7, 11) is 1.74. The molecule has 1 heterocycles. The molecule has 2 N–H and O–H groups in total. The van der Waals surface area contributed by atoms with Crippen molar-refractivity contribution < 1.29 is 14.4 Å². The van der Waals surface area contributed by atoms with E-state index < -0.39 is 5.97 Å². The summed E-state index contributed by atoms with van der Waals surface area (Å²) in [6.07, 6.45) is 0.00424. The number of hydrogen-bond acceptors (Lipinski definition) is 4. The van der Waals surface area contributed by atoms with Crippen molar-refractivity contribution in [2.75, 3.05) is 12.4 Å². The highest BCUT2D eigenvalue weighted by atomic mass is 16.5. The summed E-state index contributed by atoms with van der Waals surface area (Å²) in [6.45, 7) is 0. The maximum absolute atomic E-state index is 10.5. The first-order chi connectivity index (χ1) is 7.20. The summed E-state index contributed by atoms with van der Waals surface area (Å²) in [5, 5.41) is 16.1. The number of nitrogens with one attached hydrogen (secondary N) is 1. The van der Waals surface area contributed by atoms with Crippen LogP contribution in [0.5, 0.6) is 0 Å². The number of hydrogen-bond donors (Lipinski definition) is 2. The molecule has 15 heavy (non-hydrogen) atoms. The molecule has 0 fully saturated rings. The number of carbonyl (C=O) groups is 1. The van der Waals surface area contributed by atoms with Gasteiger partial charge < -0.3 is 14.9 Å². The van der Waals surface area contributed by atoms with Gasteiger partial charge in [-0.3, -0.25) is 4.79 Å². The Balaban J connectivity index is 2.47. The van der Waals surface area contributed by atoms with Crippen LogP contribution in [0.15, 0.2) is 22.7 Å². The van der Waals surface area contributed by atoms with E-state index in [0.717, 1.165) is 10.9 Å². The van der Waals surface area contributed by atoms with Crippen LogP contribution in [-0.2, 0) is 11.2 Å². The van der Waals surface area contributed by atoms with Crippen molar-refractivity contribution in [3.05, 3.63) is 23.8 Å². The SMILES string of the molecule is CNc1noc2ccc(CC(=O)O)cc12. The van der Waals surface area contributed by atoms with Crippen molar-refractivity contribution in [3.8, 4) is 0 Å². The first-order valence-electron chi connectivity index (χ1n) is 4.48. The normalized spacial score (nSPS) is 10.5. The summed E-state index contributed by atoms with van der Waals surface area (Å²) in [6, 6.07) is 5.22. The fraction of sp³-hybridized carbons (Fsp3) is 0.200. The third-order valence-corrected chi connectivity index (χ3v) is 2.13. The number of aliphatic carboxylic acids is 1. The van der Waals surface area contributed by atoms with Crippen molar-refractivity contribution in [2.24, 2.45) is 0 Å². The number of benzene rings is 1. The average molecular weight is 206 g/mol. The number of anilines is 1. The van der Waals surface area contributed by atoms with Gasteiger partial charge in [0.2, 0.25) is 0 Å². The van der Waals surface area contributed by atoms with Gasteiger partial charge in [-0.05, 0) is 17.7 Å². The molecule has 2 rings (SSSR count). The highest BCUT2D eigenvalue weighted by Gasteiger charge is 2.08. The molecule has 1 aromatic carbocycles. The molecule has 0 aliphatic heterocycles. The number of carboxylic acids is 1. The van der Waals surface area contributed by atoms with Crippen molar-refractivity contribution in [3.63, 3.8) is 0 Å². The molecule has 0 atom stereocenters. The summed E-state index contributed by atoms with van der Waals surface area (Å²) >= 11 is 0. The van der Waals surface area contributed by atoms with Gasteiger partial charge >= 0.3 is 5.97 Å². The van der Waals surface area contributed by atoms with Gasteiger partial charge in [-0.25, -0.2) is 0 Å². The van der Waals surface area contributed by atoms with Crippen LogP contribution in [0.1, 0.15) is 5.56 Å². The van der Waals surface area contributed by atoms with E-state index >= 15 is 0 Å². The lowest BCUT2D eigenvalue weighted by molar-refractivity contribution is -0.136. The minimum Gasteiger partial charge on any atom is -0.481 e. The van der Waals surface area contributed by atoms with Crippen LogP contribution in [0, 0.1) is 0 Å². The van der Waals surface area contributed by atoms with Gasteiger partial charge in [0.1, 0.15) is 0 Å². The fourth-order valence-corrected chi connectivity index (χ4v) is 1.45. The molecule has 0 amide bonds. The Kier molecular flexibility index (Phi) is 2.29. The van der Waals surface area contributed by atoms with Crippen LogP contribution in [0.4, 0.5) is 5.82 Å². The quantitative estimate of drug-likeness (QED) is 0.795. The Hall–Kier alpha value is -2.04. The van der Waals surface area contributed by atoms with Gasteiger partial charge in [0, 0.05) is 7.05 Å². The van der Waals surface area contributed by atoms with E-state index in [0.29, 0.717) is 11.4 Å². The van der Waals surface area contributed by atoms with E-state index in [2.05, 4.69) is 10.5 Å². The number of aromatic nitrogens is 1. The van der Waals surface area contributed by atoms with Gasteiger partial charge in [-0.15, -0.1) is 0 Å². The van der Waals surface area contributed by atoms with Gasteiger partial charge in [0.25, 0.3) is 0 Å². The molecule has 1 aromatic heterocycles. The summed E-state index contributed by atoms with van der Waals surface area (Å²) in [5.74, 6) is -0.228. The second-order valence-corrected chi connectivity index (χ2v) is 3.18. The van der Waals surface area contributed by atoms with E-state index in [9.17, 15) is 4.79 Å². The van der Waals surface area contributed by atoms with Crippen LogP contribution in [-0.4, -0.2) is 23.3 Å². The van der Waals surface area contributed by atoms with Gasteiger partial charge in [-0.2, -0.15) is 0 Å². The highest BCUT2D eigenvalue weighted by Crippen LogP contribution is 2.23. The lowest BCUT2D eigenvalue weighted by atomic mass is 10.1. The molecular weight excluding hydrogens is 196 g/mol. The van der Waals surface area contributed by atoms with Crippen LogP contribution in [0.2, 0.25) is 0 Å². The van der Waals surface area contributed by atoms with E-state index in [1.807, 2.05) is 0 Å². The van der Waals surface area contributed by atoms with Crippen molar-refractivity contribution in [2.45, 2.75) is 6.42 Å². The summed E-state index contributed by atoms with van der Waals surface area (Å²) in [5.41, 5.74) is 1.38. The molecular formula is C10H10N2O3. The zero-order chi connectivity index (χ0) is 10.8. The molecule has 0 aliphatic carbocycles. The molecule has 0 bridgehead atoms. The molecule has 0 aliphatic rings. The number of nitrogens with zero attached hydrogens (tertiary/aromatic N) is 1. The van der Waals surface area contributed by atoms with Crippen LogP contribution >= 0.6 is 0 Å². The Bertz CT molecular complexity index is 504. The van der Waals surface area contributed by atoms with Crippen LogP contribution in [0.3, 0.4) is 0 Å². The number of rotatable bonds is 3. The molecule has 0 saturated heterocycles. The van der Waals surface area contributed by atoms with E-state index in [-0.39, 0.29) is 6.42 Å². The molecule has 0 saturated carbocycles. The van der Waals surface area contributed by atoms with Crippen molar-refractivity contribution in [1.82, 2.24) is 5.16 Å². The summed E-state index contributed by atoms with van der Waals surface area (Å²) < 4.78 is 5.04. The topological polar surface area (TPSA) is 75.4 Å². The second kappa shape index (κ2) is 3.61. The van der Waals surface area contributed by atoms with E-state index in [4.69, 9.17) is 9.63 Å². The maximum Gasteiger partial charge on any atom is 0.307 e.